The van der Waals surface area contributed by atoms with E-state index >= 15 is 0 Å². The van der Waals surface area contributed by atoms with Crippen LogP contribution in [-0.2, 0) is 4.74 Å². The van der Waals surface area contributed by atoms with Gasteiger partial charge >= 0.3 is 9.08 Å². The molecule has 1 nitrogen and oxygen atoms in total. The predicted molar refractivity (Wildman–Crippen MR) is 53.4 cm³/mol. The Kier molecular flexibility index (Phi) is 6.91. The Hall–Kier alpha value is -0.293. The van der Waals surface area contributed by atoms with Crippen molar-refractivity contribution in [1.29, 1.82) is 0 Å². The lowest BCUT2D eigenvalue weighted by Crippen LogP contribution is -2.13. The summed E-state index contributed by atoms with van der Waals surface area (Å²) in [6.07, 6.45) is 1.56. The lowest BCUT2D eigenvalue weighted by molar-refractivity contribution is 0.151. The van der Waals surface area contributed by atoms with Gasteiger partial charge in [-0.15, -0.1) is 0 Å². The van der Waals surface area contributed by atoms with Crippen molar-refractivity contribution in [3.8, 4) is 0 Å². The molecule has 0 rings (SSSR count). The van der Waals surface area contributed by atoms with E-state index in [4.69, 9.17) is 4.74 Å². The van der Waals surface area contributed by atoms with Crippen LogP contribution in [0.4, 0.5) is 12.3 Å². The van der Waals surface area contributed by atoms with Crippen molar-refractivity contribution in [2.75, 3.05) is 13.2 Å². The second-order valence-corrected chi connectivity index (χ2v) is 5.17. The van der Waals surface area contributed by atoms with Crippen LogP contribution in [0.25, 0.3) is 0 Å². The second kappa shape index (κ2) is 7.06. The Morgan fingerprint density at radius 1 is 1.21 bits per heavy atom. The molecule has 0 unspecified atom stereocenters. The summed E-state index contributed by atoms with van der Waals surface area (Å²) in [6, 6.07) is -0.548. The van der Waals surface area contributed by atoms with Crippen molar-refractivity contribution in [3.05, 3.63) is 12.2 Å². The molecule has 0 bridgehead atoms. The molecule has 0 saturated carbocycles. The van der Waals surface area contributed by atoms with E-state index in [1.54, 1.807) is 0 Å². The average Bonchev–Trinajstić information content (AvgIpc) is 2.00. The molecule has 14 heavy (non-hydrogen) atoms. The normalized spacial score (nSPS) is 11.7. The first-order valence-electron chi connectivity index (χ1n) is 4.70. The molecule has 0 atom stereocenters. The maximum Gasteiger partial charge on any atom is 0.616 e. The number of hydrogen-bond acceptors (Lipinski definition) is 1. The molecule has 0 fully saturated rings. The Morgan fingerprint density at radius 3 is 2.36 bits per heavy atom. The SMILES string of the molecule is C=C(C)COCCCCC[Si](F)(F)F. The molecule has 0 aliphatic rings. The quantitative estimate of drug-likeness (QED) is 0.266. The summed E-state index contributed by atoms with van der Waals surface area (Å²) in [6.45, 7) is 6.55. The standard InChI is InChI=1S/C9H17F3OSi/c1-9(2)8-13-6-4-3-5-7-14(10,11)12/h1,3-8H2,2H3. The number of hydrogen-bond donors (Lipinski definition) is 0. The topological polar surface area (TPSA) is 9.23 Å². The fourth-order valence-electron chi connectivity index (χ4n) is 0.953. The van der Waals surface area contributed by atoms with Gasteiger partial charge in [0, 0.05) is 12.7 Å². The smallest absolute Gasteiger partial charge is 0.377 e. The van der Waals surface area contributed by atoms with E-state index in [2.05, 4.69) is 6.58 Å². The summed E-state index contributed by atoms with van der Waals surface area (Å²) in [5, 5.41) is 0. The van der Waals surface area contributed by atoms with E-state index in [0.717, 1.165) is 5.57 Å². The van der Waals surface area contributed by atoms with Gasteiger partial charge in [-0.3, -0.25) is 0 Å². The average molecular weight is 226 g/mol. The molecule has 84 valence electrons. The fourth-order valence-corrected chi connectivity index (χ4v) is 1.60. The van der Waals surface area contributed by atoms with E-state index in [1.807, 2.05) is 6.92 Å². The minimum Gasteiger partial charge on any atom is -0.377 e. The van der Waals surface area contributed by atoms with Crippen LogP contribution in [0.3, 0.4) is 0 Å². The number of rotatable bonds is 8. The van der Waals surface area contributed by atoms with Gasteiger partial charge in [0.1, 0.15) is 0 Å². The van der Waals surface area contributed by atoms with Gasteiger partial charge in [-0.2, -0.15) is 0 Å². The number of ether oxygens (including phenoxy) is 1. The summed E-state index contributed by atoms with van der Waals surface area (Å²) < 4.78 is 40.7. The van der Waals surface area contributed by atoms with Gasteiger partial charge in [-0.05, 0) is 19.8 Å². The number of halogens is 3. The first kappa shape index (κ1) is 13.7. The summed E-state index contributed by atoms with van der Waals surface area (Å²) in [7, 11) is -5.30. The molecule has 0 aromatic carbocycles. The van der Waals surface area contributed by atoms with E-state index in [0.29, 0.717) is 26.1 Å². The molecule has 0 saturated heterocycles. The zero-order valence-electron chi connectivity index (χ0n) is 8.49. The van der Waals surface area contributed by atoms with Gasteiger partial charge in [0.05, 0.1) is 6.61 Å². The van der Waals surface area contributed by atoms with Crippen LogP contribution >= 0.6 is 0 Å². The summed E-state index contributed by atoms with van der Waals surface area (Å²) in [5.74, 6) is 0. The van der Waals surface area contributed by atoms with Crippen molar-refractivity contribution >= 4 is 9.08 Å². The lowest BCUT2D eigenvalue weighted by Gasteiger charge is -2.04. The van der Waals surface area contributed by atoms with Crippen molar-refractivity contribution < 1.29 is 17.1 Å². The monoisotopic (exact) mass is 226 g/mol. The minimum absolute atomic E-state index is 0.256. The molecule has 0 radical (unpaired) electrons. The molecule has 5 heteroatoms. The highest BCUT2D eigenvalue weighted by molar-refractivity contribution is 6.58. The Bertz CT molecular complexity index is 168. The zero-order chi connectivity index (χ0) is 11.0. The summed E-state index contributed by atoms with van der Waals surface area (Å²) >= 11 is 0. The first-order chi connectivity index (χ1) is 6.42. The van der Waals surface area contributed by atoms with E-state index in [-0.39, 0.29) is 6.42 Å². The minimum atomic E-state index is -5.30. The largest absolute Gasteiger partial charge is 0.616 e. The summed E-state index contributed by atoms with van der Waals surface area (Å²) in [5.41, 5.74) is 0.938. The zero-order valence-corrected chi connectivity index (χ0v) is 9.49. The number of unbranched alkanes of at least 4 members (excludes halogenated alkanes) is 2. The predicted octanol–water partition coefficient (Wildman–Crippen LogP) is 3.60. The van der Waals surface area contributed by atoms with Crippen molar-refractivity contribution in [1.82, 2.24) is 0 Å². The molecule has 0 aromatic rings. The highest BCUT2D eigenvalue weighted by Gasteiger charge is 2.35. The van der Waals surface area contributed by atoms with Crippen molar-refractivity contribution in [3.63, 3.8) is 0 Å². The van der Waals surface area contributed by atoms with Crippen LogP contribution in [0.5, 0.6) is 0 Å². The van der Waals surface area contributed by atoms with Crippen LogP contribution in [-0.4, -0.2) is 22.3 Å². The van der Waals surface area contributed by atoms with Crippen LogP contribution in [0.1, 0.15) is 26.2 Å². The van der Waals surface area contributed by atoms with Gasteiger partial charge in [-0.25, -0.2) is 12.3 Å². The molecule has 0 amide bonds. The van der Waals surface area contributed by atoms with Crippen LogP contribution in [0, 0.1) is 0 Å². The first-order valence-corrected chi connectivity index (χ1v) is 6.55. The molecular weight excluding hydrogens is 209 g/mol. The molecule has 0 aliphatic carbocycles. The highest BCUT2D eigenvalue weighted by Crippen LogP contribution is 2.18. The van der Waals surface area contributed by atoms with Gasteiger partial charge < -0.3 is 4.74 Å². The summed E-state index contributed by atoms with van der Waals surface area (Å²) in [4.78, 5) is 0. The van der Waals surface area contributed by atoms with Gasteiger partial charge in [0.25, 0.3) is 0 Å². The fraction of sp³-hybridized carbons (Fsp3) is 0.778. The molecule has 0 heterocycles. The van der Waals surface area contributed by atoms with E-state index < -0.39 is 15.1 Å². The highest BCUT2D eigenvalue weighted by atomic mass is 28.5. The maximum atomic E-state index is 11.8. The Morgan fingerprint density at radius 2 is 1.86 bits per heavy atom. The van der Waals surface area contributed by atoms with Gasteiger partial charge in [-0.1, -0.05) is 18.6 Å². The van der Waals surface area contributed by atoms with E-state index in [1.165, 1.54) is 0 Å². The Labute approximate surface area is 84.5 Å². The molecule has 0 N–H and O–H groups in total. The van der Waals surface area contributed by atoms with Crippen molar-refractivity contribution in [2.45, 2.75) is 32.2 Å². The van der Waals surface area contributed by atoms with Crippen LogP contribution in [0.2, 0.25) is 6.04 Å². The van der Waals surface area contributed by atoms with Crippen LogP contribution in [0.15, 0.2) is 12.2 Å². The van der Waals surface area contributed by atoms with Gasteiger partial charge in [0.15, 0.2) is 0 Å². The molecule has 0 spiro atoms. The maximum absolute atomic E-state index is 11.8. The molecule has 0 aromatic heterocycles. The second-order valence-electron chi connectivity index (χ2n) is 3.44. The lowest BCUT2D eigenvalue weighted by atomic mass is 10.3. The third-order valence-corrected chi connectivity index (χ3v) is 2.52. The van der Waals surface area contributed by atoms with Crippen molar-refractivity contribution in [2.24, 2.45) is 0 Å². The third-order valence-electron chi connectivity index (χ3n) is 1.60. The third kappa shape index (κ3) is 11.7. The van der Waals surface area contributed by atoms with E-state index in [9.17, 15) is 12.3 Å². The Balaban J connectivity index is 3.11. The molecule has 0 aliphatic heterocycles. The van der Waals surface area contributed by atoms with Crippen LogP contribution < -0.4 is 0 Å². The molecular formula is C9H17F3OSi. The van der Waals surface area contributed by atoms with Gasteiger partial charge in [0.2, 0.25) is 0 Å².